The van der Waals surface area contributed by atoms with Gasteiger partial charge in [-0.25, -0.2) is 4.68 Å². The number of hydrogen-bond donors (Lipinski definition) is 0. The first kappa shape index (κ1) is 15.7. The summed E-state index contributed by atoms with van der Waals surface area (Å²) in [6, 6.07) is 3.73. The molecule has 0 N–H and O–H groups in total. The predicted octanol–water partition coefficient (Wildman–Crippen LogP) is 2.64. The molecule has 23 heavy (non-hydrogen) atoms. The lowest BCUT2D eigenvalue weighted by molar-refractivity contribution is 0.540. The normalized spacial score (nSPS) is 11.2. The molecule has 8 nitrogen and oxygen atoms in total. The Kier molecular flexibility index (Phi) is 5.06. The first-order valence-corrected chi connectivity index (χ1v) is 8.67. The molecule has 0 aromatic carbocycles. The zero-order valence-corrected chi connectivity index (χ0v) is 14.0. The Morgan fingerprint density at radius 3 is 2.87 bits per heavy atom. The van der Waals surface area contributed by atoms with Crippen molar-refractivity contribution in [1.29, 1.82) is 0 Å². The van der Waals surface area contributed by atoms with Gasteiger partial charge in [-0.15, -0.1) is 15.3 Å². The molecule has 0 saturated heterocycles. The van der Waals surface area contributed by atoms with Gasteiger partial charge in [0.2, 0.25) is 0 Å². The van der Waals surface area contributed by atoms with E-state index in [0.717, 1.165) is 48.5 Å². The van der Waals surface area contributed by atoms with Crippen LogP contribution in [-0.2, 0) is 18.8 Å². The lowest BCUT2D eigenvalue weighted by Crippen LogP contribution is -2.05. The number of aryl methyl sites for hydroxylation is 1. The topological polar surface area (TPSA) is 87.4 Å². The van der Waals surface area contributed by atoms with Gasteiger partial charge in [0, 0.05) is 13.1 Å². The molecule has 122 valence electrons. The Labute approximate surface area is 138 Å². The van der Waals surface area contributed by atoms with Crippen LogP contribution < -0.4 is 0 Å². The number of hydrogen-bond acceptors (Lipinski definition) is 7. The number of unbranched alkanes of at least 4 members (excludes halogenated alkanes) is 1. The van der Waals surface area contributed by atoms with Gasteiger partial charge in [0.05, 0.1) is 12.0 Å². The third kappa shape index (κ3) is 3.44. The molecule has 0 aliphatic rings. The van der Waals surface area contributed by atoms with Crippen molar-refractivity contribution in [2.45, 2.75) is 50.7 Å². The molecular formula is C14H19N7OS. The largest absolute Gasteiger partial charge is 0.461 e. The summed E-state index contributed by atoms with van der Waals surface area (Å²) in [5.41, 5.74) is 0. The number of thioether (sulfide) groups is 1. The van der Waals surface area contributed by atoms with Gasteiger partial charge in [0.25, 0.3) is 0 Å². The standard InChI is InChI=1S/C14H19N7OS/c1-3-5-8-21-12(15-18-19-21)10-23-14-17-16-13(20(14)4-2)11-7-6-9-22-11/h6-7,9H,3-5,8,10H2,1-2H3. The van der Waals surface area contributed by atoms with E-state index in [4.69, 9.17) is 4.42 Å². The average molecular weight is 333 g/mol. The van der Waals surface area contributed by atoms with Gasteiger partial charge in [-0.3, -0.25) is 4.57 Å². The molecule has 3 rings (SSSR count). The van der Waals surface area contributed by atoms with E-state index in [1.165, 1.54) is 0 Å². The molecule has 0 aliphatic carbocycles. The number of furan rings is 1. The number of tetrazole rings is 1. The summed E-state index contributed by atoms with van der Waals surface area (Å²) in [6.07, 6.45) is 3.82. The Morgan fingerprint density at radius 1 is 1.22 bits per heavy atom. The second-order valence-corrected chi connectivity index (χ2v) is 5.93. The predicted molar refractivity (Wildman–Crippen MR) is 85.7 cm³/mol. The van der Waals surface area contributed by atoms with Crippen molar-refractivity contribution < 1.29 is 4.42 Å². The fourth-order valence-corrected chi connectivity index (χ4v) is 3.14. The Bertz CT molecular complexity index is 734. The van der Waals surface area contributed by atoms with Crippen LogP contribution in [-0.4, -0.2) is 35.0 Å². The van der Waals surface area contributed by atoms with E-state index in [-0.39, 0.29) is 0 Å². The Morgan fingerprint density at radius 2 is 2.13 bits per heavy atom. The molecule has 3 heterocycles. The van der Waals surface area contributed by atoms with Gasteiger partial charge < -0.3 is 4.42 Å². The summed E-state index contributed by atoms with van der Waals surface area (Å²) >= 11 is 1.58. The highest BCUT2D eigenvalue weighted by molar-refractivity contribution is 7.98. The fraction of sp³-hybridized carbons (Fsp3) is 0.500. The first-order valence-electron chi connectivity index (χ1n) is 7.68. The maximum absolute atomic E-state index is 5.42. The molecule has 3 aromatic heterocycles. The second-order valence-electron chi connectivity index (χ2n) is 4.99. The summed E-state index contributed by atoms with van der Waals surface area (Å²) in [5, 5.41) is 21.3. The van der Waals surface area contributed by atoms with Crippen molar-refractivity contribution in [1.82, 2.24) is 35.0 Å². The molecule has 0 bridgehead atoms. The van der Waals surface area contributed by atoms with E-state index >= 15 is 0 Å². The van der Waals surface area contributed by atoms with Crippen molar-refractivity contribution in [2.75, 3.05) is 0 Å². The highest BCUT2D eigenvalue weighted by Crippen LogP contribution is 2.25. The molecule has 9 heteroatoms. The summed E-state index contributed by atoms with van der Waals surface area (Å²) in [5.74, 6) is 2.98. The van der Waals surface area contributed by atoms with Gasteiger partial charge >= 0.3 is 0 Å². The van der Waals surface area contributed by atoms with E-state index in [0.29, 0.717) is 5.75 Å². The van der Waals surface area contributed by atoms with E-state index in [2.05, 4.69) is 39.6 Å². The van der Waals surface area contributed by atoms with E-state index < -0.39 is 0 Å². The summed E-state index contributed by atoms with van der Waals surface area (Å²) in [7, 11) is 0. The zero-order valence-electron chi connectivity index (χ0n) is 13.2. The average Bonchev–Trinajstić information content (AvgIpc) is 3.29. The Hall–Kier alpha value is -2.16. The van der Waals surface area contributed by atoms with Gasteiger partial charge in [-0.1, -0.05) is 25.1 Å². The number of rotatable bonds is 8. The quantitative estimate of drug-likeness (QED) is 0.585. The molecule has 0 radical (unpaired) electrons. The van der Waals surface area contributed by atoms with Gasteiger partial charge in [0.15, 0.2) is 22.6 Å². The molecule has 0 unspecified atom stereocenters. The molecule has 0 aliphatic heterocycles. The van der Waals surface area contributed by atoms with E-state index in [1.54, 1.807) is 18.0 Å². The van der Waals surface area contributed by atoms with Crippen LogP contribution in [0.3, 0.4) is 0 Å². The highest BCUT2D eigenvalue weighted by Gasteiger charge is 2.16. The number of nitrogens with zero attached hydrogens (tertiary/aromatic N) is 7. The molecule has 0 saturated carbocycles. The van der Waals surface area contributed by atoms with Crippen molar-refractivity contribution in [3.8, 4) is 11.6 Å². The third-order valence-electron chi connectivity index (χ3n) is 3.43. The SMILES string of the molecule is CCCCn1nnnc1CSc1nnc(-c2ccco2)n1CC. The van der Waals surface area contributed by atoms with Gasteiger partial charge in [-0.05, 0) is 35.9 Å². The van der Waals surface area contributed by atoms with Crippen LogP contribution in [0.1, 0.15) is 32.5 Å². The van der Waals surface area contributed by atoms with Crippen molar-refractivity contribution >= 4 is 11.8 Å². The maximum Gasteiger partial charge on any atom is 0.200 e. The lowest BCUT2D eigenvalue weighted by Gasteiger charge is -2.06. The minimum absolute atomic E-state index is 0.660. The first-order chi connectivity index (χ1) is 11.3. The second kappa shape index (κ2) is 7.40. The van der Waals surface area contributed by atoms with Crippen LogP contribution in [0.25, 0.3) is 11.6 Å². The van der Waals surface area contributed by atoms with Gasteiger partial charge in [0.1, 0.15) is 0 Å². The van der Waals surface area contributed by atoms with Crippen LogP contribution in [0.15, 0.2) is 28.0 Å². The minimum Gasteiger partial charge on any atom is -0.461 e. The summed E-state index contributed by atoms with van der Waals surface area (Å²) in [4.78, 5) is 0. The molecule has 0 fully saturated rings. The van der Waals surface area contributed by atoms with Crippen molar-refractivity contribution in [3.05, 3.63) is 24.2 Å². The van der Waals surface area contributed by atoms with Crippen LogP contribution in [0, 0.1) is 0 Å². The molecule has 0 amide bonds. The van der Waals surface area contributed by atoms with Crippen LogP contribution in [0.4, 0.5) is 0 Å². The van der Waals surface area contributed by atoms with Crippen LogP contribution in [0.2, 0.25) is 0 Å². The zero-order chi connectivity index (χ0) is 16.1. The lowest BCUT2D eigenvalue weighted by atomic mass is 10.3. The number of aromatic nitrogens is 7. The minimum atomic E-state index is 0.660. The highest BCUT2D eigenvalue weighted by atomic mass is 32.2. The third-order valence-corrected chi connectivity index (χ3v) is 4.40. The molecule has 0 spiro atoms. The van der Waals surface area contributed by atoms with Crippen molar-refractivity contribution in [2.24, 2.45) is 0 Å². The molecule has 3 aromatic rings. The summed E-state index contributed by atoms with van der Waals surface area (Å²) < 4.78 is 9.31. The fourth-order valence-electron chi connectivity index (χ4n) is 2.21. The Balaban J connectivity index is 1.73. The van der Waals surface area contributed by atoms with E-state index in [9.17, 15) is 0 Å². The monoisotopic (exact) mass is 333 g/mol. The van der Waals surface area contributed by atoms with Crippen LogP contribution >= 0.6 is 11.8 Å². The summed E-state index contributed by atoms with van der Waals surface area (Å²) in [6.45, 7) is 5.83. The smallest absolute Gasteiger partial charge is 0.200 e. The molecular weight excluding hydrogens is 314 g/mol. The van der Waals surface area contributed by atoms with Crippen molar-refractivity contribution in [3.63, 3.8) is 0 Å². The van der Waals surface area contributed by atoms with E-state index in [1.807, 2.05) is 21.4 Å². The maximum atomic E-state index is 5.42. The molecule has 0 atom stereocenters. The van der Waals surface area contributed by atoms with Crippen LogP contribution in [0.5, 0.6) is 0 Å². The van der Waals surface area contributed by atoms with Gasteiger partial charge in [-0.2, -0.15) is 0 Å².